The summed E-state index contributed by atoms with van der Waals surface area (Å²) in [5.41, 5.74) is 4.43. The zero-order valence-electron chi connectivity index (χ0n) is 31.6. The van der Waals surface area contributed by atoms with Crippen LogP contribution in [-0.2, 0) is 39.1 Å². The summed E-state index contributed by atoms with van der Waals surface area (Å²) < 4.78 is 9.89. The molecule has 0 aliphatic rings. The first-order chi connectivity index (χ1) is 27.5. The van der Waals surface area contributed by atoms with E-state index in [-0.39, 0.29) is 24.3 Å². The second kappa shape index (κ2) is 26.1. The maximum absolute atomic E-state index is 12.1. The van der Waals surface area contributed by atoms with Gasteiger partial charge in [-0.2, -0.15) is 0 Å². The number of carbonyl (C=O) groups is 4. The van der Waals surface area contributed by atoms with E-state index in [1.165, 1.54) is 38.5 Å². The average molecular weight is 771 g/mol. The van der Waals surface area contributed by atoms with Gasteiger partial charge in [0.1, 0.15) is 0 Å². The van der Waals surface area contributed by atoms with Gasteiger partial charge in [-0.1, -0.05) is 162 Å². The molecule has 4 rings (SSSR count). The summed E-state index contributed by atoms with van der Waals surface area (Å²) in [4.78, 5) is 65.3. The minimum absolute atomic E-state index is 0.191. The normalized spacial score (nSPS) is 10.6. The van der Waals surface area contributed by atoms with Crippen molar-refractivity contribution in [2.24, 2.45) is 0 Å². The van der Waals surface area contributed by atoms with Gasteiger partial charge in [0.05, 0.1) is 34.4 Å². The number of unbranched alkanes of at least 4 members (excludes halogenated alkanes) is 13. The van der Waals surface area contributed by atoms with E-state index in [2.05, 4.69) is 29.6 Å². The van der Waals surface area contributed by atoms with E-state index in [1.807, 2.05) is 60.7 Å². The molecule has 298 valence electrons. The van der Waals surface area contributed by atoms with Crippen LogP contribution in [0.5, 0.6) is 0 Å². The molecule has 0 aromatic heterocycles. The molecule has 0 N–H and O–H groups in total. The largest absolute Gasteiger partial charge is 0.543 e. The first-order valence-corrected chi connectivity index (χ1v) is 19.2. The molecule has 0 bridgehead atoms. The van der Waals surface area contributed by atoms with Crippen LogP contribution >= 0.6 is 0 Å². The Hall–Kier alpha value is -5.72. The molecule has 0 saturated heterocycles. The Labute approximate surface area is 327 Å². The SMILES string of the molecule is O=C(OCCCCCCCCCCCCCCCCOC(=O)OOOC(=O)c1ccc(-c2ccccc2)cc1)OOOC(=O)c1ccc(-c2ccccc2)cc1. The van der Waals surface area contributed by atoms with Crippen molar-refractivity contribution in [3.63, 3.8) is 0 Å². The number of hydrogen-bond donors (Lipinski definition) is 0. The predicted octanol–water partition coefficient (Wildman–Crippen LogP) is 11.5. The highest BCUT2D eigenvalue weighted by molar-refractivity contribution is 5.90. The standard InChI is InChI=1S/C44H50O12/c45-41(39-29-25-37(26-30-39)35-21-15-13-16-22-35)51-55-53-43(47)49-33-19-11-9-7-5-3-1-2-4-6-8-10-12-20-34-50-44(48)54-56-52-42(46)40-31-27-38(28-32-40)36-23-17-14-18-24-36/h13-18,21-32H,1-12,19-20,33-34H2. The van der Waals surface area contributed by atoms with Crippen molar-refractivity contribution in [1.82, 2.24) is 0 Å². The second-order valence-electron chi connectivity index (χ2n) is 13.1. The van der Waals surface area contributed by atoms with Crippen molar-refractivity contribution < 1.29 is 58.3 Å². The minimum Gasteiger partial charge on any atom is -0.432 e. The fourth-order valence-electron chi connectivity index (χ4n) is 5.79. The predicted molar refractivity (Wildman–Crippen MR) is 206 cm³/mol. The first kappa shape index (κ1) is 43.0. The Kier molecular flexibility index (Phi) is 20.1. The van der Waals surface area contributed by atoms with Crippen molar-refractivity contribution in [3.05, 3.63) is 120 Å². The molecular formula is C44H50O12. The third kappa shape index (κ3) is 17.2. The second-order valence-corrected chi connectivity index (χ2v) is 13.1. The molecule has 4 aromatic carbocycles. The van der Waals surface area contributed by atoms with Crippen LogP contribution in [0.4, 0.5) is 9.59 Å². The molecule has 0 unspecified atom stereocenters. The molecule has 0 fully saturated rings. The van der Waals surface area contributed by atoms with Crippen LogP contribution in [0.15, 0.2) is 109 Å². The zero-order chi connectivity index (χ0) is 39.5. The quantitative estimate of drug-likeness (QED) is 0.0274. The van der Waals surface area contributed by atoms with Gasteiger partial charge in [0, 0.05) is 0 Å². The van der Waals surface area contributed by atoms with Gasteiger partial charge in [0.25, 0.3) is 0 Å². The smallest absolute Gasteiger partial charge is 0.432 e. The van der Waals surface area contributed by atoms with Crippen molar-refractivity contribution in [3.8, 4) is 22.3 Å². The van der Waals surface area contributed by atoms with Crippen molar-refractivity contribution in [2.45, 2.75) is 89.9 Å². The van der Waals surface area contributed by atoms with Crippen molar-refractivity contribution >= 4 is 24.2 Å². The highest BCUT2D eigenvalue weighted by atomic mass is 17.5. The van der Waals surface area contributed by atoms with Crippen LogP contribution in [0.2, 0.25) is 0 Å². The molecule has 12 heteroatoms. The summed E-state index contributed by atoms with van der Waals surface area (Å²) in [6.07, 6.45) is 12.7. The number of benzene rings is 4. The van der Waals surface area contributed by atoms with Gasteiger partial charge in [-0.25, -0.2) is 29.0 Å². The summed E-state index contributed by atoms with van der Waals surface area (Å²) in [5, 5.41) is 8.59. The molecule has 0 saturated carbocycles. The Morgan fingerprint density at radius 1 is 0.321 bits per heavy atom. The van der Waals surface area contributed by atoms with Crippen LogP contribution < -0.4 is 0 Å². The third-order valence-electron chi connectivity index (χ3n) is 8.86. The summed E-state index contributed by atoms with van der Waals surface area (Å²) >= 11 is 0. The van der Waals surface area contributed by atoms with Gasteiger partial charge in [0.15, 0.2) is 0 Å². The lowest BCUT2D eigenvalue weighted by atomic mass is 10.0. The zero-order valence-corrected chi connectivity index (χ0v) is 31.6. The van der Waals surface area contributed by atoms with Crippen LogP contribution in [-0.4, -0.2) is 37.5 Å². The van der Waals surface area contributed by atoms with Crippen LogP contribution in [0, 0.1) is 0 Å². The van der Waals surface area contributed by atoms with Crippen LogP contribution in [0.25, 0.3) is 22.3 Å². The van der Waals surface area contributed by atoms with E-state index in [0.717, 1.165) is 60.8 Å². The molecule has 0 atom stereocenters. The summed E-state index contributed by atoms with van der Waals surface area (Å²) in [6, 6.07) is 33.0. The maximum Gasteiger partial charge on any atom is 0.543 e. The van der Waals surface area contributed by atoms with Crippen LogP contribution in [0.1, 0.15) is 111 Å². The lowest BCUT2D eigenvalue weighted by Gasteiger charge is -2.06. The molecule has 0 aliphatic carbocycles. The van der Waals surface area contributed by atoms with E-state index >= 15 is 0 Å². The lowest BCUT2D eigenvalue weighted by molar-refractivity contribution is -0.452. The fourth-order valence-corrected chi connectivity index (χ4v) is 5.79. The number of rotatable bonds is 25. The van der Waals surface area contributed by atoms with E-state index in [4.69, 9.17) is 9.47 Å². The Bertz CT molecular complexity index is 1580. The number of carbonyl (C=O) groups excluding carboxylic acids is 4. The maximum atomic E-state index is 12.1. The van der Waals surface area contributed by atoms with Crippen molar-refractivity contribution in [2.75, 3.05) is 13.2 Å². The van der Waals surface area contributed by atoms with E-state index in [0.29, 0.717) is 12.8 Å². The van der Waals surface area contributed by atoms with Gasteiger partial charge in [0.2, 0.25) is 0 Å². The number of ether oxygens (including phenoxy) is 2. The monoisotopic (exact) mass is 770 g/mol. The topological polar surface area (TPSA) is 142 Å². The molecule has 0 spiro atoms. The summed E-state index contributed by atoms with van der Waals surface area (Å²) in [5.74, 6) is -1.59. The first-order valence-electron chi connectivity index (χ1n) is 19.2. The van der Waals surface area contributed by atoms with Gasteiger partial charge in [-0.3, -0.25) is 9.78 Å². The molecule has 56 heavy (non-hydrogen) atoms. The highest BCUT2D eigenvalue weighted by Crippen LogP contribution is 2.21. The Balaban J connectivity index is 0.851. The molecule has 0 amide bonds. The summed E-state index contributed by atoms with van der Waals surface area (Å²) in [6.45, 7) is 0.383. The lowest BCUT2D eigenvalue weighted by Crippen LogP contribution is -2.12. The minimum atomic E-state index is -1.07. The van der Waals surface area contributed by atoms with Crippen molar-refractivity contribution in [1.29, 1.82) is 0 Å². The van der Waals surface area contributed by atoms with Gasteiger partial charge < -0.3 is 9.47 Å². The Morgan fingerprint density at radius 2 is 0.607 bits per heavy atom. The molecule has 4 aromatic rings. The highest BCUT2D eigenvalue weighted by Gasteiger charge is 2.14. The summed E-state index contributed by atoms with van der Waals surface area (Å²) in [7, 11) is 0. The van der Waals surface area contributed by atoms with Gasteiger partial charge in [-0.15, -0.1) is 0 Å². The Morgan fingerprint density at radius 3 is 0.929 bits per heavy atom. The molecule has 0 aliphatic heterocycles. The molecule has 0 heterocycles. The molecular weight excluding hydrogens is 720 g/mol. The van der Waals surface area contributed by atoms with Gasteiger partial charge in [-0.05, 0) is 59.4 Å². The average Bonchev–Trinajstić information content (AvgIpc) is 3.24. The van der Waals surface area contributed by atoms with Gasteiger partial charge >= 0.3 is 24.2 Å². The van der Waals surface area contributed by atoms with Crippen LogP contribution in [0.3, 0.4) is 0 Å². The van der Waals surface area contributed by atoms with E-state index in [1.54, 1.807) is 48.5 Å². The molecule has 12 nitrogen and oxygen atoms in total. The fraction of sp³-hybridized carbons (Fsp3) is 0.364. The number of hydrogen-bond acceptors (Lipinski definition) is 12. The molecule has 0 radical (unpaired) electrons. The van der Waals surface area contributed by atoms with E-state index in [9.17, 15) is 19.2 Å². The third-order valence-corrected chi connectivity index (χ3v) is 8.86. The van der Waals surface area contributed by atoms with E-state index < -0.39 is 24.2 Å².